The van der Waals surface area contributed by atoms with Crippen molar-refractivity contribution in [3.05, 3.63) is 0 Å². The van der Waals surface area contributed by atoms with Crippen LogP contribution in [0.15, 0.2) is 0 Å². The average molecular weight is 231 g/mol. The quantitative estimate of drug-likeness (QED) is 0.694. The van der Waals surface area contributed by atoms with Crippen LogP contribution in [0.3, 0.4) is 0 Å². The van der Waals surface area contributed by atoms with Gasteiger partial charge in [0.25, 0.3) is 0 Å². The molecule has 98 valence electrons. The molecule has 0 spiro atoms. The summed E-state index contributed by atoms with van der Waals surface area (Å²) in [5.74, 6) is 0.122. The van der Waals surface area contributed by atoms with E-state index in [-0.39, 0.29) is 5.91 Å². The van der Waals surface area contributed by atoms with E-state index < -0.39 is 0 Å². The van der Waals surface area contributed by atoms with Crippen molar-refractivity contribution in [3.8, 4) is 0 Å². The van der Waals surface area contributed by atoms with E-state index >= 15 is 0 Å². The van der Waals surface area contributed by atoms with Crippen molar-refractivity contribution in [2.24, 2.45) is 0 Å². The molecular weight excluding hydrogens is 202 g/mol. The monoisotopic (exact) mass is 231 g/mol. The number of hydrogen-bond acceptors (Lipinski definition) is 3. The van der Waals surface area contributed by atoms with Crippen LogP contribution in [0.4, 0.5) is 0 Å². The highest BCUT2D eigenvalue weighted by atomic mass is 16.2. The first-order valence-electron chi connectivity index (χ1n) is 6.06. The topological polar surface area (TPSA) is 35.6 Å². The molecule has 0 aromatic heterocycles. The Kier molecular flexibility index (Phi) is 12.1. The van der Waals surface area contributed by atoms with Gasteiger partial charge in [-0.05, 0) is 20.9 Å². The highest BCUT2D eigenvalue weighted by Gasteiger charge is 2.04. The lowest BCUT2D eigenvalue weighted by Crippen LogP contribution is -2.38. The molecular formula is C12H29N3O. The van der Waals surface area contributed by atoms with Crippen molar-refractivity contribution in [3.63, 3.8) is 0 Å². The van der Waals surface area contributed by atoms with Gasteiger partial charge in [-0.25, -0.2) is 0 Å². The maximum absolute atomic E-state index is 11.2. The van der Waals surface area contributed by atoms with Crippen LogP contribution in [-0.4, -0.2) is 62.5 Å². The number of carbonyl (C=O) groups is 1. The Morgan fingerprint density at radius 3 is 2.06 bits per heavy atom. The first-order chi connectivity index (χ1) is 7.45. The fourth-order valence-electron chi connectivity index (χ4n) is 0.867. The summed E-state index contributed by atoms with van der Waals surface area (Å²) >= 11 is 0. The van der Waals surface area contributed by atoms with Crippen LogP contribution in [0.25, 0.3) is 0 Å². The van der Waals surface area contributed by atoms with E-state index in [1.165, 1.54) is 0 Å². The highest BCUT2D eigenvalue weighted by molar-refractivity contribution is 5.77. The summed E-state index contributed by atoms with van der Waals surface area (Å²) in [4.78, 5) is 15.0. The van der Waals surface area contributed by atoms with Gasteiger partial charge in [-0.1, -0.05) is 13.8 Å². The Hall–Kier alpha value is -0.610. The van der Waals surface area contributed by atoms with Gasteiger partial charge in [0.05, 0.1) is 6.54 Å². The van der Waals surface area contributed by atoms with Gasteiger partial charge < -0.3 is 15.1 Å². The van der Waals surface area contributed by atoms with Crippen molar-refractivity contribution in [1.29, 1.82) is 0 Å². The molecule has 0 aromatic carbocycles. The summed E-state index contributed by atoms with van der Waals surface area (Å²) in [6.07, 6.45) is 0. The van der Waals surface area contributed by atoms with E-state index in [9.17, 15) is 4.79 Å². The molecule has 0 aliphatic heterocycles. The lowest BCUT2D eigenvalue weighted by Gasteiger charge is -2.21. The average Bonchev–Trinajstić information content (AvgIpc) is 2.26. The normalized spacial score (nSPS) is 10.1. The van der Waals surface area contributed by atoms with Crippen molar-refractivity contribution in [1.82, 2.24) is 15.1 Å². The second kappa shape index (κ2) is 10.9. The van der Waals surface area contributed by atoms with E-state index in [0.717, 1.165) is 13.1 Å². The Morgan fingerprint density at radius 2 is 1.69 bits per heavy atom. The zero-order valence-electron chi connectivity index (χ0n) is 12.0. The second-order valence-corrected chi connectivity index (χ2v) is 4.04. The molecule has 16 heavy (non-hydrogen) atoms. The fraction of sp³-hybridized carbons (Fsp3) is 0.917. The van der Waals surface area contributed by atoms with Gasteiger partial charge in [0, 0.05) is 33.2 Å². The standard InChI is InChI=1S/C10H23N3O.C2H6/c1-9(2)13(5)7-6-11-8-10(14)12(3)4;1-2/h9,11H,6-8H2,1-5H3;1-2H3. The predicted octanol–water partition coefficient (Wildman–Crippen LogP) is 1.03. The van der Waals surface area contributed by atoms with Crippen LogP contribution in [0, 0.1) is 0 Å². The predicted molar refractivity (Wildman–Crippen MR) is 70.7 cm³/mol. The molecule has 0 bridgehead atoms. The third-order valence-electron chi connectivity index (χ3n) is 2.30. The molecule has 0 saturated heterocycles. The summed E-state index contributed by atoms with van der Waals surface area (Å²) in [6, 6.07) is 0.557. The zero-order valence-corrected chi connectivity index (χ0v) is 12.0. The minimum Gasteiger partial charge on any atom is -0.348 e. The third kappa shape index (κ3) is 9.93. The summed E-state index contributed by atoms with van der Waals surface area (Å²) in [7, 11) is 5.62. The van der Waals surface area contributed by atoms with Gasteiger partial charge >= 0.3 is 0 Å². The van der Waals surface area contributed by atoms with E-state index in [2.05, 4.69) is 31.1 Å². The molecule has 0 rings (SSSR count). The van der Waals surface area contributed by atoms with Gasteiger partial charge in [-0.2, -0.15) is 0 Å². The van der Waals surface area contributed by atoms with Crippen molar-refractivity contribution in [2.45, 2.75) is 33.7 Å². The molecule has 4 nitrogen and oxygen atoms in total. The molecule has 0 heterocycles. The molecule has 0 saturated carbocycles. The number of amides is 1. The Labute approximate surface area is 101 Å². The largest absolute Gasteiger partial charge is 0.348 e. The van der Waals surface area contributed by atoms with Crippen LogP contribution in [0.1, 0.15) is 27.7 Å². The van der Waals surface area contributed by atoms with Crippen LogP contribution < -0.4 is 5.32 Å². The molecule has 0 fully saturated rings. The number of nitrogens with one attached hydrogen (secondary N) is 1. The molecule has 4 heteroatoms. The van der Waals surface area contributed by atoms with Crippen molar-refractivity contribution < 1.29 is 4.79 Å². The minimum absolute atomic E-state index is 0.122. The molecule has 0 unspecified atom stereocenters. The van der Waals surface area contributed by atoms with E-state index in [4.69, 9.17) is 0 Å². The van der Waals surface area contributed by atoms with Gasteiger partial charge in [-0.15, -0.1) is 0 Å². The maximum Gasteiger partial charge on any atom is 0.236 e. The molecule has 0 aromatic rings. The number of rotatable bonds is 6. The van der Waals surface area contributed by atoms with Crippen molar-refractivity contribution >= 4 is 5.91 Å². The molecule has 0 aliphatic carbocycles. The number of carbonyl (C=O) groups excluding carboxylic acids is 1. The Morgan fingerprint density at radius 1 is 1.19 bits per heavy atom. The molecule has 1 N–H and O–H groups in total. The van der Waals surface area contributed by atoms with Crippen LogP contribution >= 0.6 is 0 Å². The summed E-state index contributed by atoms with van der Waals surface area (Å²) < 4.78 is 0. The van der Waals surface area contributed by atoms with Crippen molar-refractivity contribution in [2.75, 3.05) is 40.8 Å². The third-order valence-corrected chi connectivity index (χ3v) is 2.30. The van der Waals surface area contributed by atoms with E-state index in [0.29, 0.717) is 12.6 Å². The van der Waals surface area contributed by atoms with E-state index in [1.54, 1.807) is 19.0 Å². The second-order valence-electron chi connectivity index (χ2n) is 4.04. The lowest BCUT2D eigenvalue weighted by atomic mass is 10.3. The number of nitrogens with zero attached hydrogens (tertiary/aromatic N) is 2. The molecule has 0 radical (unpaired) electrons. The van der Waals surface area contributed by atoms with Gasteiger partial charge in [-0.3, -0.25) is 4.79 Å². The molecule has 0 aliphatic rings. The van der Waals surface area contributed by atoms with Crippen LogP contribution in [0.5, 0.6) is 0 Å². The first kappa shape index (κ1) is 17.8. The lowest BCUT2D eigenvalue weighted by molar-refractivity contribution is -0.127. The smallest absolute Gasteiger partial charge is 0.236 e. The summed E-state index contributed by atoms with van der Waals surface area (Å²) in [6.45, 7) is 10.6. The Balaban J connectivity index is 0. The minimum atomic E-state index is 0.122. The van der Waals surface area contributed by atoms with Gasteiger partial charge in [0.2, 0.25) is 5.91 Å². The van der Waals surface area contributed by atoms with Crippen LogP contribution in [0.2, 0.25) is 0 Å². The maximum atomic E-state index is 11.2. The zero-order chi connectivity index (χ0) is 13.1. The summed E-state index contributed by atoms with van der Waals surface area (Å²) in [5, 5.41) is 3.12. The molecule has 0 atom stereocenters. The molecule has 1 amide bonds. The number of likely N-dealkylation sites (N-methyl/N-ethyl adjacent to an activating group) is 2. The first-order valence-corrected chi connectivity index (χ1v) is 6.06. The van der Waals surface area contributed by atoms with Gasteiger partial charge in [0.1, 0.15) is 0 Å². The number of hydrogen-bond donors (Lipinski definition) is 1. The SMILES string of the molecule is CC.CC(C)N(C)CCNCC(=O)N(C)C. The Bertz CT molecular complexity index is 170. The van der Waals surface area contributed by atoms with Gasteiger partial charge in [0.15, 0.2) is 0 Å². The highest BCUT2D eigenvalue weighted by Crippen LogP contribution is 1.90. The van der Waals surface area contributed by atoms with E-state index in [1.807, 2.05) is 13.8 Å². The fourth-order valence-corrected chi connectivity index (χ4v) is 0.867. The van der Waals surface area contributed by atoms with Crippen LogP contribution in [-0.2, 0) is 4.79 Å². The summed E-state index contributed by atoms with van der Waals surface area (Å²) in [5.41, 5.74) is 0.